The minimum absolute atomic E-state index is 0.0321. The lowest BCUT2D eigenvalue weighted by atomic mass is 10.1. The lowest BCUT2D eigenvalue weighted by Gasteiger charge is -2.16. The summed E-state index contributed by atoms with van der Waals surface area (Å²) in [5, 5.41) is 18.0. The van der Waals surface area contributed by atoms with E-state index in [4.69, 9.17) is 5.11 Å². The molecule has 1 atom stereocenters. The van der Waals surface area contributed by atoms with Crippen LogP contribution in [0, 0.1) is 5.92 Å². The normalized spacial score (nSPS) is 18.5. The number of carbonyl (C=O) groups is 2. The van der Waals surface area contributed by atoms with E-state index in [0.717, 1.165) is 6.07 Å². The zero-order valence-electron chi connectivity index (χ0n) is 10.1. The quantitative estimate of drug-likeness (QED) is 0.714. The van der Waals surface area contributed by atoms with Crippen molar-refractivity contribution in [2.24, 2.45) is 5.92 Å². The molecule has 1 amide bonds. The summed E-state index contributed by atoms with van der Waals surface area (Å²) in [4.78, 5) is 37.5. The van der Waals surface area contributed by atoms with Crippen molar-refractivity contribution in [3.8, 4) is 5.88 Å². The van der Waals surface area contributed by atoms with Crippen LogP contribution in [-0.4, -0.2) is 45.1 Å². The van der Waals surface area contributed by atoms with Gasteiger partial charge in [0.05, 0.1) is 5.56 Å². The van der Waals surface area contributed by atoms with Crippen LogP contribution in [0.3, 0.4) is 0 Å². The second kappa shape index (κ2) is 5.13. The summed E-state index contributed by atoms with van der Waals surface area (Å²) in [6, 6.07) is 2.31. The van der Waals surface area contributed by atoms with Crippen LogP contribution >= 0.6 is 0 Å². The Balaban J connectivity index is 2.09. The third-order valence-corrected chi connectivity index (χ3v) is 3.11. The minimum Gasteiger partial charge on any atom is -0.494 e. The van der Waals surface area contributed by atoms with E-state index in [2.05, 4.69) is 4.98 Å². The van der Waals surface area contributed by atoms with Gasteiger partial charge in [-0.1, -0.05) is 0 Å². The molecule has 0 spiro atoms. The number of hydrogen-bond donors (Lipinski definition) is 3. The average Bonchev–Trinajstić information content (AvgIpc) is 2.74. The van der Waals surface area contributed by atoms with E-state index >= 15 is 0 Å². The molecule has 19 heavy (non-hydrogen) atoms. The Bertz CT molecular complexity index is 565. The molecule has 2 rings (SSSR count). The molecule has 1 saturated heterocycles. The molecular weight excluding hydrogens is 252 g/mol. The first-order valence-corrected chi connectivity index (χ1v) is 5.90. The molecular formula is C12H14N2O5. The predicted octanol–water partition coefficient (Wildman–Crippen LogP) is 0.0173. The standard InChI is InChI=1S/C12H14N2O5/c15-9-4-8(5-10(16)13-9)12(19)14-2-1-7(6-14)3-11(17)18/h4-5,7H,1-3,6H2,(H,17,18)(H2,13,15,16). The van der Waals surface area contributed by atoms with Gasteiger partial charge in [0.15, 0.2) is 5.88 Å². The zero-order chi connectivity index (χ0) is 14.0. The van der Waals surface area contributed by atoms with Crippen molar-refractivity contribution in [3.05, 3.63) is 28.0 Å². The molecule has 3 N–H and O–H groups in total. The van der Waals surface area contributed by atoms with E-state index in [1.165, 1.54) is 11.0 Å². The van der Waals surface area contributed by atoms with Crippen LogP contribution in [0.1, 0.15) is 23.2 Å². The van der Waals surface area contributed by atoms with Crippen LogP contribution in [0.5, 0.6) is 5.88 Å². The van der Waals surface area contributed by atoms with Crippen molar-refractivity contribution < 1.29 is 19.8 Å². The van der Waals surface area contributed by atoms with Gasteiger partial charge in [-0.2, -0.15) is 0 Å². The molecule has 1 unspecified atom stereocenters. The van der Waals surface area contributed by atoms with Gasteiger partial charge < -0.3 is 15.1 Å². The number of amides is 1. The Hall–Kier alpha value is -2.31. The van der Waals surface area contributed by atoms with Crippen molar-refractivity contribution in [1.82, 2.24) is 9.88 Å². The smallest absolute Gasteiger partial charge is 0.303 e. The number of aliphatic carboxylic acids is 1. The number of pyridine rings is 1. The van der Waals surface area contributed by atoms with Crippen LogP contribution in [0.2, 0.25) is 0 Å². The van der Waals surface area contributed by atoms with Gasteiger partial charge >= 0.3 is 5.97 Å². The van der Waals surface area contributed by atoms with Gasteiger partial charge in [-0.3, -0.25) is 19.4 Å². The lowest BCUT2D eigenvalue weighted by Crippen LogP contribution is -2.29. The summed E-state index contributed by atoms with van der Waals surface area (Å²) in [5.41, 5.74) is -0.443. The van der Waals surface area contributed by atoms with Crippen molar-refractivity contribution in [2.75, 3.05) is 13.1 Å². The fraction of sp³-hybridized carbons (Fsp3) is 0.417. The first-order chi connectivity index (χ1) is 8.95. The molecule has 2 heterocycles. The maximum atomic E-state index is 12.1. The van der Waals surface area contributed by atoms with Gasteiger partial charge in [-0.15, -0.1) is 0 Å². The number of aromatic amines is 1. The molecule has 0 radical (unpaired) electrons. The van der Waals surface area contributed by atoms with E-state index in [0.29, 0.717) is 19.5 Å². The van der Waals surface area contributed by atoms with Crippen LogP contribution < -0.4 is 5.56 Å². The predicted molar refractivity (Wildman–Crippen MR) is 65.0 cm³/mol. The van der Waals surface area contributed by atoms with Crippen molar-refractivity contribution in [1.29, 1.82) is 0 Å². The molecule has 7 nitrogen and oxygen atoms in total. The van der Waals surface area contributed by atoms with Gasteiger partial charge in [0, 0.05) is 31.6 Å². The Morgan fingerprint density at radius 2 is 2.16 bits per heavy atom. The number of carbonyl (C=O) groups excluding carboxylic acids is 1. The lowest BCUT2D eigenvalue weighted by molar-refractivity contribution is -0.138. The van der Waals surface area contributed by atoms with E-state index in [-0.39, 0.29) is 29.7 Å². The Morgan fingerprint density at radius 1 is 1.42 bits per heavy atom. The van der Waals surface area contributed by atoms with Gasteiger partial charge in [0.25, 0.3) is 11.5 Å². The Morgan fingerprint density at radius 3 is 2.79 bits per heavy atom. The van der Waals surface area contributed by atoms with Crippen LogP contribution in [0.25, 0.3) is 0 Å². The zero-order valence-corrected chi connectivity index (χ0v) is 10.1. The Labute approximate surface area is 108 Å². The second-order valence-corrected chi connectivity index (χ2v) is 4.62. The molecule has 7 heteroatoms. The monoisotopic (exact) mass is 266 g/mol. The highest BCUT2D eigenvalue weighted by atomic mass is 16.4. The number of nitrogens with one attached hydrogen (secondary N) is 1. The number of H-pyrrole nitrogens is 1. The highest BCUT2D eigenvalue weighted by molar-refractivity contribution is 5.94. The highest BCUT2D eigenvalue weighted by Crippen LogP contribution is 2.21. The van der Waals surface area contributed by atoms with Crippen LogP contribution in [-0.2, 0) is 4.79 Å². The first-order valence-electron chi connectivity index (χ1n) is 5.90. The maximum Gasteiger partial charge on any atom is 0.303 e. The maximum absolute atomic E-state index is 12.1. The van der Waals surface area contributed by atoms with Crippen molar-refractivity contribution >= 4 is 11.9 Å². The summed E-state index contributed by atoms with van der Waals surface area (Å²) >= 11 is 0. The molecule has 1 aromatic heterocycles. The number of nitrogens with zero attached hydrogens (tertiary/aromatic N) is 1. The Kier molecular flexibility index (Phi) is 3.55. The molecule has 0 aliphatic carbocycles. The largest absolute Gasteiger partial charge is 0.494 e. The molecule has 1 aliphatic heterocycles. The highest BCUT2D eigenvalue weighted by Gasteiger charge is 2.28. The SMILES string of the molecule is O=C(O)CC1CCN(C(=O)c2cc(O)[nH]c(=O)c2)C1. The van der Waals surface area contributed by atoms with Crippen molar-refractivity contribution in [2.45, 2.75) is 12.8 Å². The molecule has 102 valence electrons. The van der Waals surface area contributed by atoms with Gasteiger partial charge in [0.1, 0.15) is 0 Å². The fourth-order valence-electron chi connectivity index (χ4n) is 2.27. The first kappa shape index (κ1) is 13.1. The summed E-state index contributed by atoms with van der Waals surface area (Å²) in [6.07, 6.45) is 0.664. The van der Waals surface area contributed by atoms with Gasteiger partial charge in [-0.25, -0.2) is 0 Å². The summed E-state index contributed by atoms with van der Waals surface area (Å²) in [6.45, 7) is 0.822. The number of likely N-dealkylation sites (tertiary alicyclic amines) is 1. The van der Waals surface area contributed by atoms with E-state index in [1.54, 1.807) is 0 Å². The van der Waals surface area contributed by atoms with Crippen LogP contribution in [0.4, 0.5) is 0 Å². The molecule has 1 aromatic rings. The van der Waals surface area contributed by atoms with Gasteiger partial charge in [0.2, 0.25) is 0 Å². The molecule has 1 fully saturated rings. The number of aromatic hydroxyl groups is 1. The number of aromatic nitrogens is 1. The summed E-state index contributed by atoms with van der Waals surface area (Å²) < 4.78 is 0. The topological polar surface area (TPSA) is 111 Å². The average molecular weight is 266 g/mol. The third kappa shape index (κ3) is 3.12. The second-order valence-electron chi connectivity index (χ2n) is 4.62. The number of rotatable bonds is 3. The third-order valence-electron chi connectivity index (χ3n) is 3.11. The van der Waals surface area contributed by atoms with Crippen molar-refractivity contribution in [3.63, 3.8) is 0 Å². The number of carboxylic acid groups (broad SMARTS) is 1. The van der Waals surface area contributed by atoms with Crippen LogP contribution in [0.15, 0.2) is 16.9 Å². The number of hydrogen-bond acceptors (Lipinski definition) is 4. The molecule has 1 aliphatic rings. The van der Waals surface area contributed by atoms with Gasteiger partial charge in [-0.05, 0) is 12.3 Å². The molecule has 0 saturated carbocycles. The number of carboxylic acids is 1. The van der Waals surface area contributed by atoms with E-state index in [1.807, 2.05) is 0 Å². The molecule has 0 bridgehead atoms. The molecule has 0 aromatic carbocycles. The van der Waals surface area contributed by atoms with E-state index in [9.17, 15) is 19.5 Å². The summed E-state index contributed by atoms with van der Waals surface area (Å²) in [7, 11) is 0. The van der Waals surface area contributed by atoms with E-state index < -0.39 is 11.5 Å². The summed E-state index contributed by atoms with van der Waals surface area (Å²) in [5.74, 6) is -1.67. The minimum atomic E-state index is -0.881. The fourth-order valence-corrected chi connectivity index (χ4v) is 2.27.